The monoisotopic (exact) mass is 394 g/mol. The predicted molar refractivity (Wildman–Crippen MR) is 111 cm³/mol. The molecule has 0 atom stereocenters. The van der Waals surface area contributed by atoms with Crippen molar-refractivity contribution in [2.75, 3.05) is 6.54 Å². The van der Waals surface area contributed by atoms with E-state index >= 15 is 0 Å². The minimum Gasteiger partial charge on any atom is -0.486 e. The van der Waals surface area contributed by atoms with Crippen LogP contribution >= 0.6 is 22.7 Å². The van der Waals surface area contributed by atoms with Crippen molar-refractivity contribution in [1.82, 2.24) is 10.3 Å². The van der Waals surface area contributed by atoms with E-state index in [1.54, 1.807) is 22.9 Å². The first-order valence-corrected chi connectivity index (χ1v) is 10.5. The Labute approximate surface area is 165 Å². The van der Waals surface area contributed by atoms with Gasteiger partial charge in [0.05, 0.1) is 16.8 Å². The van der Waals surface area contributed by atoms with E-state index < -0.39 is 0 Å². The molecule has 0 unspecified atom stereocenters. The standard InChI is InChI=1S/C21H18N2O2S2/c24-21(22-10-9-15-12-27-20-8-4-2-5-17(15)20)18-6-1-3-7-19(18)25-11-16-13-26-14-23-16/h1-8,12-14H,9-11H2,(H,22,24). The SMILES string of the molecule is O=C(NCCc1csc2ccccc12)c1ccccc1OCc1cscn1. The average molecular weight is 395 g/mol. The van der Waals surface area contributed by atoms with Crippen LogP contribution in [-0.2, 0) is 13.0 Å². The summed E-state index contributed by atoms with van der Waals surface area (Å²) in [4.78, 5) is 16.8. The van der Waals surface area contributed by atoms with E-state index in [4.69, 9.17) is 4.74 Å². The van der Waals surface area contributed by atoms with Gasteiger partial charge in [0.2, 0.25) is 0 Å². The molecule has 0 saturated carbocycles. The summed E-state index contributed by atoms with van der Waals surface area (Å²) in [7, 11) is 0. The molecule has 4 aromatic rings. The summed E-state index contributed by atoms with van der Waals surface area (Å²) in [5, 5.41) is 8.38. The molecule has 136 valence electrons. The highest BCUT2D eigenvalue weighted by Gasteiger charge is 2.12. The van der Waals surface area contributed by atoms with Gasteiger partial charge in [-0.1, -0.05) is 30.3 Å². The molecule has 0 aliphatic heterocycles. The second-order valence-electron chi connectivity index (χ2n) is 6.03. The number of carbonyl (C=O) groups is 1. The fraction of sp³-hybridized carbons (Fsp3) is 0.143. The van der Waals surface area contributed by atoms with Crippen LogP contribution in [0.2, 0.25) is 0 Å². The molecule has 2 aromatic heterocycles. The number of aromatic nitrogens is 1. The second-order valence-corrected chi connectivity index (χ2v) is 7.66. The Morgan fingerprint density at radius 2 is 1.93 bits per heavy atom. The summed E-state index contributed by atoms with van der Waals surface area (Å²) < 4.78 is 7.07. The van der Waals surface area contributed by atoms with Crippen molar-refractivity contribution in [3.8, 4) is 5.75 Å². The van der Waals surface area contributed by atoms with Crippen LogP contribution in [0.25, 0.3) is 10.1 Å². The summed E-state index contributed by atoms with van der Waals surface area (Å²) in [6.07, 6.45) is 0.803. The van der Waals surface area contributed by atoms with Crippen LogP contribution in [0, 0.1) is 0 Å². The van der Waals surface area contributed by atoms with Crippen molar-refractivity contribution in [2.24, 2.45) is 0 Å². The Morgan fingerprint density at radius 3 is 2.81 bits per heavy atom. The average Bonchev–Trinajstić information content (AvgIpc) is 3.37. The number of hydrogen-bond donors (Lipinski definition) is 1. The van der Waals surface area contributed by atoms with E-state index in [-0.39, 0.29) is 5.91 Å². The topological polar surface area (TPSA) is 51.2 Å². The molecule has 0 saturated heterocycles. The zero-order valence-corrected chi connectivity index (χ0v) is 16.2. The fourth-order valence-corrected chi connectivity index (χ4v) is 4.41. The predicted octanol–water partition coefficient (Wildman–Crippen LogP) is 4.91. The van der Waals surface area contributed by atoms with Crippen LogP contribution in [0.5, 0.6) is 5.75 Å². The number of amides is 1. The Hall–Kier alpha value is -2.70. The lowest BCUT2D eigenvalue weighted by molar-refractivity contribution is 0.0949. The zero-order valence-electron chi connectivity index (χ0n) is 14.6. The molecule has 0 radical (unpaired) electrons. The van der Waals surface area contributed by atoms with Crippen LogP contribution in [0.1, 0.15) is 21.6 Å². The van der Waals surface area contributed by atoms with Crippen molar-refractivity contribution in [1.29, 1.82) is 0 Å². The van der Waals surface area contributed by atoms with E-state index in [1.165, 1.54) is 27.0 Å². The lowest BCUT2D eigenvalue weighted by atomic mass is 10.1. The Kier molecular flexibility index (Phi) is 5.46. The summed E-state index contributed by atoms with van der Waals surface area (Å²) in [5.74, 6) is 0.451. The Balaban J connectivity index is 1.38. The molecule has 4 nitrogen and oxygen atoms in total. The number of nitrogens with zero attached hydrogens (tertiary/aromatic N) is 1. The first-order valence-electron chi connectivity index (χ1n) is 8.63. The quantitative estimate of drug-likeness (QED) is 0.485. The highest BCUT2D eigenvalue weighted by molar-refractivity contribution is 7.17. The van der Waals surface area contributed by atoms with Crippen molar-refractivity contribution in [2.45, 2.75) is 13.0 Å². The summed E-state index contributed by atoms with van der Waals surface area (Å²) in [5.41, 5.74) is 4.44. The third-order valence-electron chi connectivity index (χ3n) is 4.23. The van der Waals surface area contributed by atoms with Gasteiger partial charge < -0.3 is 10.1 Å². The van der Waals surface area contributed by atoms with Gasteiger partial charge in [0.1, 0.15) is 12.4 Å². The molecular formula is C21H18N2O2S2. The fourth-order valence-electron chi connectivity index (χ4n) is 2.87. The normalized spacial score (nSPS) is 10.8. The number of hydrogen-bond acceptors (Lipinski definition) is 5. The number of thiazole rings is 1. The minimum absolute atomic E-state index is 0.122. The summed E-state index contributed by atoms with van der Waals surface area (Å²) in [6, 6.07) is 15.7. The molecule has 0 spiro atoms. The van der Waals surface area contributed by atoms with Gasteiger partial charge in [-0.2, -0.15) is 0 Å². The van der Waals surface area contributed by atoms with Gasteiger partial charge in [-0.25, -0.2) is 4.98 Å². The number of nitrogens with one attached hydrogen (secondary N) is 1. The van der Waals surface area contributed by atoms with Crippen molar-refractivity contribution in [3.05, 3.63) is 81.6 Å². The maximum atomic E-state index is 12.6. The van der Waals surface area contributed by atoms with E-state index in [0.29, 0.717) is 24.5 Å². The lowest BCUT2D eigenvalue weighted by Gasteiger charge is -2.11. The van der Waals surface area contributed by atoms with Gasteiger partial charge in [-0.15, -0.1) is 22.7 Å². The van der Waals surface area contributed by atoms with Crippen LogP contribution in [0.4, 0.5) is 0 Å². The van der Waals surface area contributed by atoms with E-state index in [9.17, 15) is 4.79 Å². The van der Waals surface area contributed by atoms with Crippen molar-refractivity contribution < 1.29 is 9.53 Å². The minimum atomic E-state index is -0.122. The lowest BCUT2D eigenvalue weighted by Crippen LogP contribution is -2.26. The smallest absolute Gasteiger partial charge is 0.255 e. The number of ether oxygens (including phenoxy) is 1. The van der Waals surface area contributed by atoms with Crippen molar-refractivity contribution >= 4 is 38.7 Å². The van der Waals surface area contributed by atoms with E-state index in [0.717, 1.165) is 12.1 Å². The molecule has 0 bridgehead atoms. The number of thiophene rings is 1. The van der Waals surface area contributed by atoms with Gasteiger partial charge in [0.25, 0.3) is 5.91 Å². The molecule has 2 aromatic carbocycles. The number of carbonyl (C=O) groups excluding carboxylic acids is 1. The third kappa shape index (κ3) is 4.18. The van der Waals surface area contributed by atoms with Gasteiger partial charge in [0, 0.05) is 16.6 Å². The largest absolute Gasteiger partial charge is 0.486 e. The number of rotatable bonds is 7. The first kappa shape index (κ1) is 17.7. The van der Waals surface area contributed by atoms with Crippen LogP contribution in [-0.4, -0.2) is 17.4 Å². The molecular weight excluding hydrogens is 376 g/mol. The molecule has 4 rings (SSSR count). The molecule has 1 N–H and O–H groups in total. The van der Waals surface area contributed by atoms with Crippen molar-refractivity contribution in [3.63, 3.8) is 0 Å². The Bertz CT molecular complexity index is 1040. The maximum absolute atomic E-state index is 12.6. The van der Waals surface area contributed by atoms with Crippen LogP contribution < -0.4 is 10.1 Å². The molecule has 1 amide bonds. The molecule has 0 aliphatic rings. The zero-order chi connectivity index (χ0) is 18.5. The highest BCUT2D eigenvalue weighted by atomic mass is 32.1. The highest BCUT2D eigenvalue weighted by Crippen LogP contribution is 2.26. The van der Waals surface area contributed by atoms with Gasteiger partial charge in [0.15, 0.2) is 0 Å². The molecule has 27 heavy (non-hydrogen) atoms. The van der Waals surface area contributed by atoms with Crippen LogP contribution in [0.15, 0.2) is 64.8 Å². The van der Waals surface area contributed by atoms with Crippen LogP contribution in [0.3, 0.4) is 0 Å². The first-order chi connectivity index (χ1) is 13.3. The van der Waals surface area contributed by atoms with Gasteiger partial charge in [-0.05, 0) is 40.9 Å². The number of benzene rings is 2. The number of para-hydroxylation sites is 1. The molecule has 0 fully saturated rings. The van der Waals surface area contributed by atoms with Gasteiger partial charge >= 0.3 is 0 Å². The summed E-state index contributed by atoms with van der Waals surface area (Å²) >= 11 is 3.27. The third-order valence-corrected chi connectivity index (χ3v) is 5.88. The van der Waals surface area contributed by atoms with Gasteiger partial charge in [-0.3, -0.25) is 4.79 Å². The molecule has 0 aliphatic carbocycles. The Morgan fingerprint density at radius 1 is 1.07 bits per heavy atom. The summed E-state index contributed by atoms with van der Waals surface area (Å²) in [6.45, 7) is 0.939. The molecule has 6 heteroatoms. The molecule has 2 heterocycles. The maximum Gasteiger partial charge on any atom is 0.255 e. The van der Waals surface area contributed by atoms with E-state index in [1.807, 2.05) is 35.7 Å². The second kappa shape index (κ2) is 8.33. The number of fused-ring (bicyclic) bond motifs is 1. The van der Waals surface area contributed by atoms with E-state index in [2.05, 4.69) is 27.8 Å².